The van der Waals surface area contributed by atoms with E-state index in [4.69, 9.17) is 0 Å². The molecule has 1 aromatic heterocycles. The van der Waals surface area contributed by atoms with Gasteiger partial charge in [-0.15, -0.1) is 0 Å². The van der Waals surface area contributed by atoms with E-state index in [0.717, 1.165) is 29.3 Å². The highest BCUT2D eigenvalue weighted by atomic mass is 16.1. The summed E-state index contributed by atoms with van der Waals surface area (Å²) in [6.45, 7) is 3.03. The number of aromatic nitrogens is 1. The molecule has 1 heterocycles. The van der Waals surface area contributed by atoms with Gasteiger partial charge in [-0.1, -0.05) is 12.1 Å². The molecule has 0 unspecified atom stereocenters. The summed E-state index contributed by atoms with van der Waals surface area (Å²) < 4.78 is 0. The summed E-state index contributed by atoms with van der Waals surface area (Å²) in [4.78, 5) is 17.1. The van der Waals surface area contributed by atoms with Crippen molar-refractivity contribution in [3.63, 3.8) is 0 Å². The molecule has 3 heteroatoms. The molecule has 3 nitrogen and oxygen atoms in total. The molecule has 0 saturated carbocycles. The van der Waals surface area contributed by atoms with E-state index in [1.54, 1.807) is 6.20 Å². The van der Waals surface area contributed by atoms with E-state index in [1.807, 2.05) is 25.2 Å². The maximum absolute atomic E-state index is 10.9. The van der Waals surface area contributed by atoms with Gasteiger partial charge >= 0.3 is 0 Å². The predicted molar refractivity (Wildman–Crippen MR) is 66.1 cm³/mol. The standard InChI is InChI=1S/C13H14N2O/c1-3-15(2)13-6-4-5-10-11(13)7-8-14-12(10)9-16/h4-9H,3H2,1-2H3. The van der Waals surface area contributed by atoms with Gasteiger partial charge in [-0.25, -0.2) is 0 Å². The first-order valence-electron chi connectivity index (χ1n) is 5.32. The molecule has 0 spiro atoms. The van der Waals surface area contributed by atoms with E-state index >= 15 is 0 Å². The van der Waals surface area contributed by atoms with Crippen LogP contribution in [0.4, 0.5) is 5.69 Å². The van der Waals surface area contributed by atoms with Crippen molar-refractivity contribution in [2.75, 3.05) is 18.5 Å². The number of nitrogens with zero attached hydrogens (tertiary/aromatic N) is 2. The Balaban J connectivity index is 2.73. The number of fused-ring (bicyclic) bond motifs is 1. The van der Waals surface area contributed by atoms with E-state index < -0.39 is 0 Å². The van der Waals surface area contributed by atoms with Crippen LogP contribution in [0, 0.1) is 0 Å². The first-order chi connectivity index (χ1) is 7.77. The normalized spacial score (nSPS) is 10.4. The molecule has 16 heavy (non-hydrogen) atoms. The summed E-state index contributed by atoms with van der Waals surface area (Å²) >= 11 is 0. The van der Waals surface area contributed by atoms with Crippen LogP contribution in [0.1, 0.15) is 17.4 Å². The van der Waals surface area contributed by atoms with E-state index in [1.165, 1.54) is 0 Å². The molecular weight excluding hydrogens is 200 g/mol. The van der Waals surface area contributed by atoms with Crippen molar-refractivity contribution in [2.24, 2.45) is 0 Å². The molecule has 0 atom stereocenters. The fourth-order valence-electron chi connectivity index (χ4n) is 1.81. The monoisotopic (exact) mass is 214 g/mol. The fraction of sp³-hybridized carbons (Fsp3) is 0.231. The van der Waals surface area contributed by atoms with Crippen molar-refractivity contribution in [1.29, 1.82) is 0 Å². The van der Waals surface area contributed by atoms with Gasteiger partial charge in [-0.2, -0.15) is 0 Å². The topological polar surface area (TPSA) is 33.2 Å². The van der Waals surface area contributed by atoms with Gasteiger partial charge in [0.25, 0.3) is 0 Å². The Labute approximate surface area is 94.7 Å². The van der Waals surface area contributed by atoms with E-state index in [-0.39, 0.29) is 0 Å². The molecule has 82 valence electrons. The molecule has 0 saturated heterocycles. The first kappa shape index (κ1) is 10.6. The van der Waals surface area contributed by atoms with Crippen LogP contribution >= 0.6 is 0 Å². The van der Waals surface area contributed by atoms with Gasteiger partial charge in [0.05, 0.1) is 0 Å². The summed E-state index contributed by atoms with van der Waals surface area (Å²) in [5, 5.41) is 1.99. The average Bonchev–Trinajstić information content (AvgIpc) is 2.36. The summed E-state index contributed by atoms with van der Waals surface area (Å²) in [6.07, 6.45) is 2.48. The second-order valence-corrected chi connectivity index (χ2v) is 3.70. The van der Waals surface area contributed by atoms with Crippen molar-refractivity contribution in [3.8, 4) is 0 Å². The quantitative estimate of drug-likeness (QED) is 0.736. The molecule has 0 N–H and O–H groups in total. The largest absolute Gasteiger partial charge is 0.374 e. The summed E-state index contributed by atoms with van der Waals surface area (Å²) in [5.41, 5.74) is 1.63. The molecule has 0 bridgehead atoms. The van der Waals surface area contributed by atoms with E-state index in [2.05, 4.69) is 22.9 Å². The van der Waals surface area contributed by atoms with Crippen LogP contribution in [0.2, 0.25) is 0 Å². The molecule has 0 radical (unpaired) electrons. The SMILES string of the molecule is CCN(C)c1cccc2c(C=O)nccc12. The lowest BCUT2D eigenvalue weighted by Crippen LogP contribution is -2.16. The van der Waals surface area contributed by atoms with Gasteiger partial charge in [0.1, 0.15) is 5.69 Å². The first-order valence-corrected chi connectivity index (χ1v) is 5.32. The van der Waals surface area contributed by atoms with E-state index in [9.17, 15) is 4.79 Å². The molecule has 0 aliphatic heterocycles. The van der Waals surface area contributed by atoms with Crippen LogP contribution in [0.3, 0.4) is 0 Å². The number of hydrogen-bond donors (Lipinski definition) is 0. The number of hydrogen-bond acceptors (Lipinski definition) is 3. The van der Waals surface area contributed by atoms with Crippen molar-refractivity contribution in [1.82, 2.24) is 4.98 Å². The maximum Gasteiger partial charge on any atom is 0.169 e. The van der Waals surface area contributed by atoms with Gasteiger partial charge in [0.2, 0.25) is 0 Å². The third kappa shape index (κ3) is 1.65. The Hall–Kier alpha value is -1.90. The molecular formula is C13H14N2O. The fourth-order valence-corrected chi connectivity index (χ4v) is 1.81. The number of pyridine rings is 1. The average molecular weight is 214 g/mol. The second kappa shape index (κ2) is 4.31. The summed E-state index contributed by atoms with van der Waals surface area (Å²) in [6, 6.07) is 7.89. The van der Waals surface area contributed by atoms with Gasteiger partial charge in [0.15, 0.2) is 6.29 Å². The van der Waals surface area contributed by atoms with Gasteiger partial charge < -0.3 is 4.90 Å². The lowest BCUT2D eigenvalue weighted by molar-refractivity contribution is 0.112. The van der Waals surface area contributed by atoms with Crippen LogP contribution < -0.4 is 4.90 Å². The molecule has 1 aromatic carbocycles. The second-order valence-electron chi connectivity index (χ2n) is 3.70. The minimum atomic E-state index is 0.504. The van der Waals surface area contributed by atoms with Crippen LogP contribution in [-0.2, 0) is 0 Å². The van der Waals surface area contributed by atoms with E-state index in [0.29, 0.717) is 5.69 Å². The minimum absolute atomic E-state index is 0.504. The van der Waals surface area contributed by atoms with Gasteiger partial charge in [-0.05, 0) is 19.1 Å². The molecule has 0 aliphatic carbocycles. The molecule has 2 aromatic rings. The summed E-state index contributed by atoms with van der Waals surface area (Å²) in [7, 11) is 2.04. The van der Waals surface area contributed by atoms with Crippen molar-refractivity contribution >= 4 is 22.7 Å². The zero-order valence-corrected chi connectivity index (χ0v) is 9.47. The number of benzene rings is 1. The van der Waals surface area contributed by atoms with Crippen LogP contribution in [0.25, 0.3) is 10.8 Å². The van der Waals surface area contributed by atoms with Crippen molar-refractivity contribution in [2.45, 2.75) is 6.92 Å². The van der Waals surface area contributed by atoms with Gasteiger partial charge in [-0.3, -0.25) is 9.78 Å². The Morgan fingerprint density at radius 1 is 1.31 bits per heavy atom. The highest BCUT2D eigenvalue weighted by Crippen LogP contribution is 2.26. The number of carbonyl (C=O) groups excluding carboxylic acids is 1. The molecule has 0 aliphatic rings. The smallest absolute Gasteiger partial charge is 0.169 e. The molecule has 0 fully saturated rings. The van der Waals surface area contributed by atoms with Crippen LogP contribution in [-0.4, -0.2) is 24.9 Å². The lowest BCUT2D eigenvalue weighted by atomic mass is 10.1. The van der Waals surface area contributed by atoms with Crippen molar-refractivity contribution < 1.29 is 4.79 Å². The Kier molecular flexibility index (Phi) is 2.86. The zero-order chi connectivity index (χ0) is 11.5. The Bertz CT molecular complexity index is 522. The predicted octanol–water partition coefficient (Wildman–Crippen LogP) is 2.50. The number of rotatable bonds is 3. The molecule has 2 rings (SSSR count). The van der Waals surface area contributed by atoms with Crippen LogP contribution in [0.15, 0.2) is 30.5 Å². The van der Waals surface area contributed by atoms with Gasteiger partial charge in [0, 0.05) is 36.2 Å². The lowest BCUT2D eigenvalue weighted by Gasteiger charge is -2.19. The summed E-state index contributed by atoms with van der Waals surface area (Å²) in [5.74, 6) is 0. The number of aldehydes is 1. The Morgan fingerprint density at radius 2 is 2.12 bits per heavy atom. The maximum atomic E-state index is 10.9. The zero-order valence-electron chi connectivity index (χ0n) is 9.47. The molecule has 0 amide bonds. The van der Waals surface area contributed by atoms with Crippen molar-refractivity contribution in [3.05, 3.63) is 36.2 Å². The minimum Gasteiger partial charge on any atom is -0.374 e. The third-order valence-corrected chi connectivity index (χ3v) is 2.81. The highest BCUT2D eigenvalue weighted by molar-refractivity contribution is 6.02. The number of anilines is 1. The highest BCUT2D eigenvalue weighted by Gasteiger charge is 2.07. The van der Waals surface area contributed by atoms with Crippen LogP contribution in [0.5, 0.6) is 0 Å². The Morgan fingerprint density at radius 3 is 2.81 bits per heavy atom. The number of carbonyl (C=O) groups is 1. The third-order valence-electron chi connectivity index (χ3n) is 2.81.